The second kappa shape index (κ2) is 25.6. The van der Waals surface area contributed by atoms with E-state index in [1.165, 1.54) is 42.4 Å². The SMILES string of the molecule is C/C=C(\C)CCCCN1CCN(Cc2ccc(Cl)cc2)C(C(C)=O)C1.C/C=C/CC.CC.CCCc1ccc(Cl)cc1. The second-order valence-electron chi connectivity index (χ2n) is 10.5. The zero-order valence-corrected chi connectivity index (χ0v) is 29.3. The van der Waals surface area contributed by atoms with Gasteiger partial charge in [0.15, 0.2) is 0 Å². The van der Waals surface area contributed by atoms with Crippen LogP contribution >= 0.6 is 23.2 Å². The molecule has 2 aromatic rings. The van der Waals surface area contributed by atoms with Gasteiger partial charge >= 0.3 is 0 Å². The molecule has 0 bridgehead atoms. The quantitative estimate of drug-likeness (QED) is 0.185. The summed E-state index contributed by atoms with van der Waals surface area (Å²) in [6.45, 7) is 21.1. The number of nitrogens with zero attached hydrogens (tertiary/aromatic N) is 2. The summed E-state index contributed by atoms with van der Waals surface area (Å²) < 4.78 is 0. The highest BCUT2D eigenvalue weighted by Gasteiger charge is 2.29. The summed E-state index contributed by atoms with van der Waals surface area (Å²) in [5, 5.41) is 1.57. The number of allylic oxidation sites excluding steroid dienone is 4. The van der Waals surface area contributed by atoms with Crippen LogP contribution in [-0.4, -0.2) is 47.8 Å². The Bertz CT molecular complexity index is 999. The van der Waals surface area contributed by atoms with Crippen LogP contribution in [0.25, 0.3) is 0 Å². The fourth-order valence-corrected chi connectivity index (χ4v) is 4.79. The van der Waals surface area contributed by atoms with Crippen molar-refractivity contribution in [3.63, 3.8) is 0 Å². The van der Waals surface area contributed by atoms with Crippen LogP contribution in [0.3, 0.4) is 0 Å². The van der Waals surface area contributed by atoms with Crippen molar-refractivity contribution in [2.45, 2.75) is 107 Å². The number of aryl methyl sites for hydroxylation is 1. The molecule has 42 heavy (non-hydrogen) atoms. The van der Waals surface area contributed by atoms with Crippen LogP contribution in [0.1, 0.15) is 98.6 Å². The van der Waals surface area contributed by atoms with E-state index in [1.807, 2.05) is 45.0 Å². The van der Waals surface area contributed by atoms with Gasteiger partial charge in [0.05, 0.1) is 6.04 Å². The molecule has 236 valence electrons. The average Bonchev–Trinajstić information content (AvgIpc) is 3.00. The van der Waals surface area contributed by atoms with E-state index in [1.54, 1.807) is 6.92 Å². The minimum absolute atomic E-state index is 0.00158. The number of carbonyl (C=O) groups excluding carboxylic acids is 1. The molecular formula is C37H58Cl2N2O. The molecule has 1 aliphatic rings. The van der Waals surface area contributed by atoms with Crippen LogP contribution < -0.4 is 0 Å². The first-order valence-corrected chi connectivity index (χ1v) is 16.7. The van der Waals surface area contributed by atoms with Gasteiger partial charge in [0.2, 0.25) is 0 Å². The first-order chi connectivity index (χ1) is 20.2. The number of benzene rings is 2. The second-order valence-corrected chi connectivity index (χ2v) is 11.3. The number of halogens is 2. The van der Waals surface area contributed by atoms with Gasteiger partial charge in [-0.1, -0.05) is 105 Å². The third kappa shape index (κ3) is 18.6. The summed E-state index contributed by atoms with van der Waals surface area (Å²) in [5.41, 5.74) is 4.05. The number of hydrogen-bond acceptors (Lipinski definition) is 3. The van der Waals surface area contributed by atoms with E-state index in [-0.39, 0.29) is 11.8 Å². The maximum atomic E-state index is 12.2. The van der Waals surface area contributed by atoms with Crippen LogP contribution in [0.5, 0.6) is 0 Å². The molecule has 2 aromatic carbocycles. The molecular weight excluding hydrogens is 559 g/mol. The van der Waals surface area contributed by atoms with E-state index in [0.29, 0.717) is 0 Å². The highest BCUT2D eigenvalue weighted by atomic mass is 35.5. The van der Waals surface area contributed by atoms with E-state index >= 15 is 0 Å². The topological polar surface area (TPSA) is 23.6 Å². The van der Waals surface area contributed by atoms with Crippen molar-refractivity contribution in [3.05, 3.63) is 93.5 Å². The van der Waals surface area contributed by atoms with E-state index < -0.39 is 0 Å². The van der Waals surface area contributed by atoms with Crippen LogP contribution in [0.15, 0.2) is 72.3 Å². The Morgan fingerprint density at radius 3 is 1.90 bits per heavy atom. The molecule has 1 unspecified atom stereocenters. The number of carbonyl (C=O) groups is 1. The van der Waals surface area contributed by atoms with Crippen molar-refractivity contribution < 1.29 is 4.79 Å². The lowest BCUT2D eigenvalue weighted by Gasteiger charge is -2.40. The molecule has 0 N–H and O–H groups in total. The fourth-order valence-electron chi connectivity index (χ4n) is 4.54. The molecule has 1 fully saturated rings. The molecule has 0 saturated carbocycles. The Balaban J connectivity index is 0.000000810. The molecule has 0 aromatic heterocycles. The number of ketones is 1. The van der Waals surface area contributed by atoms with Crippen LogP contribution in [0.2, 0.25) is 10.0 Å². The monoisotopic (exact) mass is 616 g/mol. The lowest BCUT2D eigenvalue weighted by atomic mass is 10.1. The molecule has 5 heteroatoms. The molecule has 0 aliphatic carbocycles. The van der Waals surface area contributed by atoms with Gasteiger partial charge in [-0.25, -0.2) is 0 Å². The largest absolute Gasteiger partial charge is 0.300 e. The molecule has 1 aliphatic heterocycles. The highest BCUT2D eigenvalue weighted by molar-refractivity contribution is 6.30. The minimum atomic E-state index is 0.00158. The first kappa shape index (κ1) is 40.1. The van der Waals surface area contributed by atoms with Crippen LogP contribution in [-0.2, 0) is 17.8 Å². The number of unbranched alkanes of at least 4 members (excludes halogenated alkanes) is 1. The maximum absolute atomic E-state index is 12.2. The van der Waals surface area contributed by atoms with E-state index in [2.05, 4.69) is 80.0 Å². The molecule has 3 nitrogen and oxygen atoms in total. The third-order valence-electron chi connectivity index (χ3n) is 7.06. The van der Waals surface area contributed by atoms with Gasteiger partial charge < -0.3 is 4.90 Å². The molecule has 3 rings (SSSR count). The maximum Gasteiger partial charge on any atom is 0.148 e. The fraction of sp³-hybridized carbons (Fsp3) is 0.541. The third-order valence-corrected chi connectivity index (χ3v) is 7.56. The predicted molar refractivity (Wildman–Crippen MR) is 188 cm³/mol. The molecule has 1 heterocycles. The van der Waals surface area contributed by atoms with Gasteiger partial charge in [-0.2, -0.15) is 0 Å². The number of rotatable bonds is 11. The van der Waals surface area contributed by atoms with Crippen molar-refractivity contribution >= 4 is 29.0 Å². The van der Waals surface area contributed by atoms with Crippen molar-refractivity contribution in [3.8, 4) is 0 Å². The summed E-state index contributed by atoms with van der Waals surface area (Å²) in [7, 11) is 0. The Kier molecular flexibility index (Phi) is 24.4. The molecule has 0 radical (unpaired) electrons. The smallest absolute Gasteiger partial charge is 0.148 e. The first-order valence-electron chi connectivity index (χ1n) is 15.9. The molecule has 1 saturated heterocycles. The van der Waals surface area contributed by atoms with Crippen LogP contribution in [0.4, 0.5) is 0 Å². The lowest BCUT2D eigenvalue weighted by molar-refractivity contribution is -0.124. The number of Topliss-reactive ketones (excluding diaryl/α,β-unsaturated/α-hetero) is 1. The number of piperazine rings is 1. The van der Waals surface area contributed by atoms with Gasteiger partial charge in [-0.15, -0.1) is 0 Å². The summed E-state index contributed by atoms with van der Waals surface area (Å²) >= 11 is 11.7. The predicted octanol–water partition coefficient (Wildman–Crippen LogP) is 10.8. The van der Waals surface area contributed by atoms with E-state index in [9.17, 15) is 4.79 Å². The average molecular weight is 618 g/mol. The van der Waals surface area contributed by atoms with Crippen molar-refractivity contribution in [1.29, 1.82) is 0 Å². The standard InChI is InChI=1S/C21H31ClN2O.C9H11Cl.C5H10.C2H6/c1-4-17(2)7-5-6-12-23-13-14-24(21(16-23)18(3)25)15-19-8-10-20(22)11-9-19;1-2-3-8-4-6-9(10)7-5-8;1-3-5-4-2;1-2/h4,8-11,21H,5-7,12-16H2,1-3H3;4-7H,2-3H2,1H3;3,5H,4H2,1-2H3;1-2H3/b17-4+;;5-3+;. The van der Waals surface area contributed by atoms with E-state index in [4.69, 9.17) is 23.2 Å². The Hall–Kier alpha value is -1.91. The van der Waals surface area contributed by atoms with Crippen molar-refractivity contribution in [2.24, 2.45) is 0 Å². The zero-order valence-electron chi connectivity index (χ0n) is 27.8. The molecule has 1 atom stereocenters. The van der Waals surface area contributed by atoms with Gasteiger partial charge in [-0.3, -0.25) is 9.69 Å². The Morgan fingerprint density at radius 2 is 1.45 bits per heavy atom. The normalized spacial score (nSPS) is 15.6. The van der Waals surface area contributed by atoms with Gasteiger partial charge in [0.1, 0.15) is 5.78 Å². The van der Waals surface area contributed by atoms with Gasteiger partial charge in [0.25, 0.3) is 0 Å². The lowest BCUT2D eigenvalue weighted by Crippen LogP contribution is -2.55. The summed E-state index contributed by atoms with van der Waals surface area (Å²) in [6.07, 6.45) is 13.5. The summed E-state index contributed by atoms with van der Waals surface area (Å²) in [5.74, 6) is 0.267. The molecule has 0 spiro atoms. The Morgan fingerprint density at radius 1 is 0.881 bits per heavy atom. The molecule has 0 amide bonds. The highest BCUT2D eigenvalue weighted by Crippen LogP contribution is 2.18. The number of hydrogen-bond donors (Lipinski definition) is 0. The summed E-state index contributed by atoms with van der Waals surface area (Å²) in [4.78, 5) is 16.9. The van der Waals surface area contributed by atoms with E-state index in [0.717, 1.165) is 55.6 Å². The zero-order chi connectivity index (χ0) is 31.8. The minimum Gasteiger partial charge on any atom is -0.300 e. The van der Waals surface area contributed by atoms with Gasteiger partial charge in [0, 0.05) is 36.2 Å². The van der Waals surface area contributed by atoms with Crippen LogP contribution in [0, 0.1) is 0 Å². The van der Waals surface area contributed by atoms with Gasteiger partial charge in [-0.05, 0) is 102 Å². The Labute approximate surface area is 269 Å². The summed E-state index contributed by atoms with van der Waals surface area (Å²) in [6, 6.07) is 16.0. The van der Waals surface area contributed by atoms with Crippen molar-refractivity contribution in [1.82, 2.24) is 9.80 Å². The van der Waals surface area contributed by atoms with Crippen molar-refractivity contribution in [2.75, 3.05) is 26.2 Å².